The molecule has 118 valence electrons. The molecule has 1 heterocycles. The Morgan fingerprint density at radius 2 is 1.86 bits per heavy atom. The van der Waals surface area contributed by atoms with Crippen LogP contribution in [0.25, 0.3) is 0 Å². The highest BCUT2D eigenvalue weighted by Gasteiger charge is 2.17. The van der Waals surface area contributed by atoms with E-state index in [-0.39, 0.29) is 16.8 Å². The zero-order chi connectivity index (χ0) is 16.5. The van der Waals surface area contributed by atoms with E-state index >= 15 is 0 Å². The molecular weight excluding hydrogens is 302 g/mol. The molecule has 22 heavy (non-hydrogen) atoms. The van der Waals surface area contributed by atoms with Gasteiger partial charge >= 0.3 is 0 Å². The summed E-state index contributed by atoms with van der Waals surface area (Å²) < 4.78 is 28.9. The van der Waals surface area contributed by atoms with Gasteiger partial charge in [-0.3, -0.25) is 4.79 Å². The van der Waals surface area contributed by atoms with Crippen molar-refractivity contribution in [2.45, 2.75) is 31.7 Å². The summed E-state index contributed by atoms with van der Waals surface area (Å²) in [6.07, 6.45) is 1.13. The minimum absolute atomic E-state index is 0.168. The Hall–Kier alpha value is -2.08. The molecule has 0 aliphatic rings. The Bertz CT molecular complexity index is 805. The van der Waals surface area contributed by atoms with Crippen LogP contribution in [0.3, 0.4) is 0 Å². The number of carbonyl (C=O) groups is 1. The molecule has 1 N–H and O–H groups in total. The number of sulfone groups is 1. The third kappa shape index (κ3) is 3.57. The van der Waals surface area contributed by atoms with Gasteiger partial charge in [0, 0.05) is 11.8 Å². The second-order valence-corrected chi connectivity index (χ2v) is 7.38. The van der Waals surface area contributed by atoms with Gasteiger partial charge in [0.05, 0.1) is 10.9 Å². The van der Waals surface area contributed by atoms with Gasteiger partial charge < -0.3 is 9.73 Å². The van der Waals surface area contributed by atoms with Gasteiger partial charge in [0.1, 0.15) is 11.5 Å². The molecule has 0 saturated heterocycles. The normalized spacial score (nSPS) is 12.9. The molecule has 0 radical (unpaired) electrons. The summed E-state index contributed by atoms with van der Waals surface area (Å²) in [4.78, 5) is 12.4. The lowest BCUT2D eigenvalue weighted by molar-refractivity contribution is 0.0935. The highest BCUT2D eigenvalue weighted by Crippen LogP contribution is 2.19. The van der Waals surface area contributed by atoms with Crippen LogP contribution in [0.15, 0.2) is 39.6 Å². The van der Waals surface area contributed by atoms with Crippen molar-refractivity contribution in [2.75, 3.05) is 6.26 Å². The van der Waals surface area contributed by atoms with Crippen LogP contribution in [-0.4, -0.2) is 20.6 Å². The molecular formula is C16H19NO4S. The van der Waals surface area contributed by atoms with Gasteiger partial charge in [0.2, 0.25) is 0 Å². The Morgan fingerprint density at radius 3 is 2.41 bits per heavy atom. The fourth-order valence-corrected chi connectivity index (χ4v) is 3.17. The lowest BCUT2D eigenvalue weighted by Crippen LogP contribution is -2.26. The summed E-state index contributed by atoms with van der Waals surface area (Å²) in [5.74, 6) is 1.08. The molecule has 1 aromatic carbocycles. The number of furan rings is 1. The van der Waals surface area contributed by atoms with Crippen molar-refractivity contribution < 1.29 is 17.6 Å². The van der Waals surface area contributed by atoms with Crippen LogP contribution < -0.4 is 5.32 Å². The van der Waals surface area contributed by atoms with Gasteiger partial charge in [-0.1, -0.05) is 6.07 Å². The first-order valence-electron chi connectivity index (χ1n) is 6.86. The quantitative estimate of drug-likeness (QED) is 0.939. The Morgan fingerprint density at radius 1 is 1.18 bits per heavy atom. The highest BCUT2D eigenvalue weighted by atomic mass is 32.2. The molecule has 1 amide bonds. The third-order valence-corrected chi connectivity index (χ3v) is 4.62. The standard InChI is InChI=1S/C16H19NO4S/c1-10-5-7-13(9-15(10)22(4,19)20)16(18)17-12(3)14-8-6-11(2)21-14/h5-9,12H,1-4H3,(H,17,18)/t12-/m0/s1. The third-order valence-electron chi connectivity index (χ3n) is 3.39. The van der Waals surface area contributed by atoms with Crippen molar-refractivity contribution in [3.63, 3.8) is 0 Å². The summed E-state index contributed by atoms with van der Waals surface area (Å²) in [7, 11) is -3.37. The number of carbonyl (C=O) groups excluding carboxylic acids is 1. The smallest absolute Gasteiger partial charge is 0.251 e. The molecule has 1 atom stereocenters. The highest BCUT2D eigenvalue weighted by molar-refractivity contribution is 7.90. The molecule has 5 nitrogen and oxygen atoms in total. The first kappa shape index (κ1) is 16.3. The van der Waals surface area contributed by atoms with Crippen molar-refractivity contribution >= 4 is 15.7 Å². The summed E-state index contributed by atoms with van der Waals surface area (Å²) in [6, 6.07) is 7.97. The van der Waals surface area contributed by atoms with Crippen LogP contribution in [0.5, 0.6) is 0 Å². The van der Waals surface area contributed by atoms with E-state index in [2.05, 4.69) is 5.32 Å². The van der Waals surface area contributed by atoms with E-state index in [1.165, 1.54) is 6.07 Å². The average molecular weight is 321 g/mol. The lowest BCUT2D eigenvalue weighted by Gasteiger charge is -2.13. The van der Waals surface area contributed by atoms with Crippen molar-refractivity contribution in [1.29, 1.82) is 0 Å². The maximum atomic E-state index is 12.3. The molecule has 0 saturated carbocycles. The predicted molar refractivity (Wildman–Crippen MR) is 83.6 cm³/mol. The summed E-state index contributed by atoms with van der Waals surface area (Å²) in [5, 5.41) is 2.80. The summed E-state index contributed by atoms with van der Waals surface area (Å²) in [6.45, 7) is 5.34. The number of aryl methyl sites for hydroxylation is 2. The topological polar surface area (TPSA) is 76.4 Å². The van der Waals surface area contributed by atoms with E-state index < -0.39 is 9.84 Å². The van der Waals surface area contributed by atoms with Crippen LogP contribution in [0.4, 0.5) is 0 Å². The molecule has 0 aliphatic carbocycles. The molecule has 2 aromatic rings. The Labute approximate surface area is 130 Å². The van der Waals surface area contributed by atoms with Crippen LogP contribution in [0.2, 0.25) is 0 Å². The zero-order valence-electron chi connectivity index (χ0n) is 13.0. The molecule has 0 bridgehead atoms. The van der Waals surface area contributed by atoms with Crippen molar-refractivity contribution in [3.05, 3.63) is 53.0 Å². The minimum atomic E-state index is -3.37. The van der Waals surface area contributed by atoms with Gasteiger partial charge in [-0.05, 0) is 50.6 Å². The van der Waals surface area contributed by atoms with E-state index in [0.717, 1.165) is 12.0 Å². The largest absolute Gasteiger partial charge is 0.464 e. The number of hydrogen-bond acceptors (Lipinski definition) is 4. The number of hydrogen-bond donors (Lipinski definition) is 1. The van der Waals surface area contributed by atoms with Crippen LogP contribution >= 0.6 is 0 Å². The average Bonchev–Trinajstić information content (AvgIpc) is 2.84. The maximum Gasteiger partial charge on any atom is 0.251 e. The first-order chi connectivity index (χ1) is 10.2. The van der Waals surface area contributed by atoms with Gasteiger partial charge in [-0.15, -0.1) is 0 Å². The lowest BCUT2D eigenvalue weighted by atomic mass is 10.1. The van der Waals surface area contributed by atoms with Crippen molar-refractivity contribution in [2.24, 2.45) is 0 Å². The second kappa shape index (κ2) is 5.96. The van der Waals surface area contributed by atoms with E-state index in [1.807, 2.05) is 19.9 Å². The fourth-order valence-electron chi connectivity index (χ4n) is 2.18. The van der Waals surface area contributed by atoms with Gasteiger partial charge in [-0.25, -0.2) is 8.42 Å². The SMILES string of the molecule is Cc1ccc([C@H](C)NC(=O)c2ccc(C)c(S(C)(=O)=O)c2)o1. The van der Waals surface area contributed by atoms with Gasteiger partial charge in [0.15, 0.2) is 9.84 Å². The minimum Gasteiger partial charge on any atom is -0.464 e. The molecule has 0 fully saturated rings. The van der Waals surface area contributed by atoms with Crippen LogP contribution in [0.1, 0.15) is 40.4 Å². The molecule has 0 spiro atoms. The van der Waals surface area contributed by atoms with E-state index in [0.29, 0.717) is 16.9 Å². The van der Waals surface area contributed by atoms with Gasteiger partial charge in [-0.2, -0.15) is 0 Å². The van der Waals surface area contributed by atoms with E-state index in [9.17, 15) is 13.2 Å². The molecule has 1 aromatic heterocycles. The molecule has 0 aliphatic heterocycles. The monoisotopic (exact) mass is 321 g/mol. The molecule has 2 rings (SSSR count). The Kier molecular flexibility index (Phi) is 4.42. The summed E-state index contributed by atoms with van der Waals surface area (Å²) >= 11 is 0. The first-order valence-corrected chi connectivity index (χ1v) is 8.75. The van der Waals surface area contributed by atoms with Crippen molar-refractivity contribution in [1.82, 2.24) is 5.32 Å². The number of amides is 1. The maximum absolute atomic E-state index is 12.3. The van der Waals surface area contributed by atoms with E-state index in [4.69, 9.17) is 4.42 Å². The van der Waals surface area contributed by atoms with Crippen LogP contribution in [0, 0.1) is 13.8 Å². The molecule has 0 unspecified atom stereocenters. The summed E-state index contributed by atoms with van der Waals surface area (Å²) in [5.41, 5.74) is 0.926. The second-order valence-electron chi connectivity index (χ2n) is 5.40. The zero-order valence-corrected chi connectivity index (χ0v) is 13.8. The Balaban J connectivity index is 2.23. The van der Waals surface area contributed by atoms with E-state index in [1.54, 1.807) is 25.1 Å². The number of nitrogens with one attached hydrogen (secondary N) is 1. The number of rotatable bonds is 4. The number of benzene rings is 1. The predicted octanol–water partition coefficient (Wildman–Crippen LogP) is 2.79. The fraction of sp³-hybridized carbons (Fsp3) is 0.312. The van der Waals surface area contributed by atoms with Gasteiger partial charge in [0.25, 0.3) is 5.91 Å². The van der Waals surface area contributed by atoms with Crippen LogP contribution in [-0.2, 0) is 9.84 Å². The van der Waals surface area contributed by atoms with Crippen molar-refractivity contribution in [3.8, 4) is 0 Å². The molecule has 6 heteroatoms.